The summed E-state index contributed by atoms with van der Waals surface area (Å²) in [6.45, 7) is 4.43. The first-order valence-corrected chi connectivity index (χ1v) is 7.27. The normalized spacial score (nSPS) is 16.1. The van der Waals surface area contributed by atoms with Crippen LogP contribution >= 0.6 is 11.8 Å². The Hall–Kier alpha value is -1.04. The predicted octanol–water partition coefficient (Wildman–Crippen LogP) is 2.21. The smallest absolute Gasteiger partial charge is 0.309 e. The van der Waals surface area contributed by atoms with E-state index in [1.807, 2.05) is 0 Å². The van der Waals surface area contributed by atoms with Crippen molar-refractivity contribution in [2.45, 2.75) is 51.2 Å². The molecule has 0 fully saturated rings. The van der Waals surface area contributed by atoms with Crippen LogP contribution in [0.3, 0.4) is 0 Å². The van der Waals surface area contributed by atoms with Gasteiger partial charge in [0.25, 0.3) is 0 Å². The van der Waals surface area contributed by atoms with E-state index in [9.17, 15) is 4.79 Å². The van der Waals surface area contributed by atoms with Gasteiger partial charge in [0.2, 0.25) is 0 Å². The lowest BCUT2D eigenvalue weighted by atomic mass is 9.97. The van der Waals surface area contributed by atoms with E-state index in [0.29, 0.717) is 5.75 Å². The Labute approximate surface area is 111 Å². The number of aryl methyl sites for hydroxylation is 1. The van der Waals surface area contributed by atoms with E-state index in [1.54, 1.807) is 13.8 Å². The van der Waals surface area contributed by atoms with Crippen LogP contribution in [0.1, 0.15) is 38.9 Å². The summed E-state index contributed by atoms with van der Waals surface area (Å²) in [5.74, 6) is 0.786. The standard InChI is InChI=1S/C12H19N3O2S/c1-12(2,10(16)17)8-18-11-14-13-9-6-4-3-5-7-15(9)11/h3-8H2,1-2H3,(H,16,17). The van der Waals surface area contributed by atoms with Gasteiger partial charge in [0.1, 0.15) is 5.82 Å². The molecule has 1 aliphatic heterocycles. The molecule has 0 bridgehead atoms. The molecule has 0 spiro atoms. The highest BCUT2D eigenvalue weighted by Crippen LogP contribution is 2.28. The fourth-order valence-electron chi connectivity index (χ4n) is 1.87. The first-order valence-electron chi connectivity index (χ1n) is 6.29. The summed E-state index contributed by atoms with van der Waals surface area (Å²) in [6, 6.07) is 0. The van der Waals surface area contributed by atoms with Crippen LogP contribution in [0.5, 0.6) is 0 Å². The Morgan fingerprint density at radius 1 is 1.39 bits per heavy atom. The number of hydrogen-bond acceptors (Lipinski definition) is 4. The second-order valence-corrected chi connectivity index (χ2v) is 6.28. The van der Waals surface area contributed by atoms with Gasteiger partial charge in [0.15, 0.2) is 5.16 Å². The maximum Gasteiger partial charge on any atom is 0.309 e. The summed E-state index contributed by atoms with van der Waals surface area (Å²) in [5, 5.41) is 18.4. The fourth-order valence-corrected chi connectivity index (χ4v) is 2.94. The number of rotatable bonds is 4. The second kappa shape index (κ2) is 5.30. The summed E-state index contributed by atoms with van der Waals surface area (Å²) in [6.07, 6.45) is 4.54. The SMILES string of the molecule is CC(C)(CSc1nnc2n1CCCCC2)C(=O)O. The second-order valence-electron chi connectivity index (χ2n) is 5.34. The summed E-state index contributed by atoms with van der Waals surface area (Å²) in [4.78, 5) is 11.1. The lowest BCUT2D eigenvalue weighted by Crippen LogP contribution is -2.26. The van der Waals surface area contributed by atoms with Crippen LogP contribution in [0, 0.1) is 5.41 Å². The largest absolute Gasteiger partial charge is 0.481 e. The van der Waals surface area contributed by atoms with E-state index < -0.39 is 11.4 Å². The highest BCUT2D eigenvalue weighted by molar-refractivity contribution is 7.99. The van der Waals surface area contributed by atoms with Crippen molar-refractivity contribution in [1.82, 2.24) is 14.8 Å². The van der Waals surface area contributed by atoms with Crippen LogP contribution in [0.2, 0.25) is 0 Å². The number of thioether (sulfide) groups is 1. The van der Waals surface area contributed by atoms with Crippen LogP contribution in [-0.2, 0) is 17.8 Å². The quantitative estimate of drug-likeness (QED) is 0.849. The molecule has 0 aromatic carbocycles. The Kier molecular flexibility index (Phi) is 3.94. The number of hydrogen-bond donors (Lipinski definition) is 1. The van der Waals surface area contributed by atoms with E-state index in [1.165, 1.54) is 24.6 Å². The summed E-state index contributed by atoms with van der Waals surface area (Å²) in [7, 11) is 0. The summed E-state index contributed by atoms with van der Waals surface area (Å²) < 4.78 is 2.15. The van der Waals surface area contributed by atoms with Crippen LogP contribution in [0.4, 0.5) is 0 Å². The van der Waals surface area contributed by atoms with Crippen LogP contribution in [-0.4, -0.2) is 31.6 Å². The zero-order chi connectivity index (χ0) is 13.2. The average molecular weight is 269 g/mol. The van der Waals surface area contributed by atoms with E-state index >= 15 is 0 Å². The third-order valence-electron chi connectivity index (χ3n) is 3.22. The zero-order valence-electron chi connectivity index (χ0n) is 10.8. The molecule has 1 aliphatic rings. The van der Waals surface area contributed by atoms with Gasteiger partial charge in [-0.1, -0.05) is 18.2 Å². The molecule has 1 aromatic heterocycles. The van der Waals surface area contributed by atoms with Gasteiger partial charge in [0, 0.05) is 18.7 Å². The minimum Gasteiger partial charge on any atom is -0.481 e. The van der Waals surface area contributed by atoms with Crippen molar-refractivity contribution in [2.24, 2.45) is 5.41 Å². The molecule has 2 heterocycles. The molecule has 0 unspecified atom stereocenters. The van der Waals surface area contributed by atoms with Crippen molar-refractivity contribution >= 4 is 17.7 Å². The van der Waals surface area contributed by atoms with Gasteiger partial charge < -0.3 is 9.67 Å². The third-order valence-corrected chi connectivity index (χ3v) is 4.64. The van der Waals surface area contributed by atoms with Crippen molar-refractivity contribution in [1.29, 1.82) is 0 Å². The van der Waals surface area contributed by atoms with Gasteiger partial charge in [-0.25, -0.2) is 0 Å². The Bertz CT molecular complexity index is 443. The van der Waals surface area contributed by atoms with Gasteiger partial charge in [-0.05, 0) is 26.7 Å². The van der Waals surface area contributed by atoms with Crippen molar-refractivity contribution in [3.63, 3.8) is 0 Å². The highest BCUT2D eigenvalue weighted by Gasteiger charge is 2.28. The molecule has 6 heteroatoms. The van der Waals surface area contributed by atoms with Crippen molar-refractivity contribution in [3.8, 4) is 0 Å². The van der Waals surface area contributed by atoms with Crippen molar-refractivity contribution < 1.29 is 9.90 Å². The van der Waals surface area contributed by atoms with Gasteiger partial charge >= 0.3 is 5.97 Å². The van der Waals surface area contributed by atoms with E-state index in [0.717, 1.165) is 30.4 Å². The number of aliphatic carboxylic acids is 1. The number of carboxylic acids is 1. The van der Waals surface area contributed by atoms with Crippen LogP contribution in [0.25, 0.3) is 0 Å². The lowest BCUT2D eigenvalue weighted by molar-refractivity contribution is -0.145. The Balaban J connectivity index is 2.06. The minimum atomic E-state index is -0.773. The maximum atomic E-state index is 11.1. The average Bonchev–Trinajstić information content (AvgIpc) is 2.55. The molecular weight excluding hydrogens is 250 g/mol. The summed E-state index contributed by atoms with van der Waals surface area (Å²) in [5.41, 5.74) is -0.734. The topological polar surface area (TPSA) is 68.0 Å². The lowest BCUT2D eigenvalue weighted by Gasteiger charge is -2.18. The Morgan fingerprint density at radius 3 is 2.89 bits per heavy atom. The Morgan fingerprint density at radius 2 is 2.17 bits per heavy atom. The van der Waals surface area contributed by atoms with Crippen molar-refractivity contribution in [2.75, 3.05) is 5.75 Å². The molecule has 0 atom stereocenters. The minimum absolute atomic E-state index is 0.514. The number of carbonyl (C=O) groups is 1. The molecule has 18 heavy (non-hydrogen) atoms. The first kappa shape index (κ1) is 13.4. The van der Waals surface area contributed by atoms with Gasteiger partial charge in [-0.2, -0.15) is 0 Å². The van der Waals surface area contributed by atoms with Gasteiger partial charge in [-0.15, -0.1) is 10.2 Å². The van der Waals surface area contributed by atoms with Gasteiger partial charge in [-0.3, -0.25) is 4.79 Å². The monoisotopic (exact) mass is 269 g/mol. The van der Waals surface area contributed by atoms with Crippen molar-refractivity contribution in [3.05, 3.63) is 5.82 Å². The number of carboxylic acid groups (broad SMARTS) is 1. The van der Waals surface area contributed by atoms with E-state index in [2.05, 4.69) is 14.8 Å². The molecule has 0 saturated heterocycles. The molecule has 1 aromatic rings. The van der Waals surface area contributed by atoms with E-state index in [4.69, 9.17) is 5.11 Å². The number of nitrogens with zero attached hydrogens (tertiary/aromatic N) is 3. The van der Waals surface area contributed by atoms with Crippen LogP contribution in [0.15, 0.2) is 5.16 Å². The van der Waals surface area contributed by atoms with Gasteiger partial charge in [0.05, 0.1) is 5.41 Å². The molecule has 1 N–H and O–H groups in total. The molecule has 2 rings (SSSR count). The molecule has 100 valence electrons. The molecule has 0 aliphatic carbocycles. The molecule has 0 amide bonds. The zero-order valence-corrected chi connectivity index (χ0v) is 11.7. The van der Waals surface area contributed by atoms with Crippen LogP contribution < -0.4 is 0 Å². The molecule has 0 saturated carbocycles. The third kappa shape index (κ3) is 2.85. The predicted molar refractivity (Wildman–Crippen MR) is 69.7 cm³/mol. The molecule has 0 radical (unpaired) electrons. The highest BCUT2D eigenvalue weighted by atomic mass is 32.2. The number of aromatic nitrogens is 3. The molecule has 5 nitrogen and oxygen atoms in total. The number of fused-ring (bicyclic) bond motifs is 1. The van der Waals surface area contributed by atoms with E-state index in [-0.39, 0.29) is 0 Å². The summed E-state index contributed by atoms with van der Waals surface area (Å²) >= 11 is 1.49. The molecular formula is C12H19N3O2S. The maximum absolute atomic E-state index is 11.1. The first-order chi connectivity index (χ1) is 8.50. The fraction of sp³-hybridized carbons (Fsp3) is 0.750.